The zero-order chi connectivity index (χ0) is 30.5. The fourth-order valence-electron chi connectivity index (χ4n) is 4.72. The normalized spacial score (nSPS) is 15.2. The number of aromatic nitrogens is 4. The van der Waals surface area contributed by atoms with E-state index in [1.165, 1.54) is 23.2 Å². The van der Waals surface area contributed by atoms with Crippen LogP contribution >= 0.6 is 0 Å². The van der Waals surface area contributed by atoms with E-state index in [9.17, 15) is 14.4 Å². The van der Waals surface area contributed by atoms with Crippen molar-refractivity contribution in [1.29, 1.82) is 0 Å². The van der Waals surface area contributed by atoms with Crippen molar-refractivity contribution in [2.45, 2.75) is 76.9 Å². The molecule has 42 heavy (non-hydrogen) atoms. The van der Waals surface area contributed by atoms with E-state index in [0.717, 1.165) is 52.0 Å². The summed E-state index contributed by atoms with van der Waals surface area (Å²) >= 11 is 0. The first-order valence-corrected chi connectivity index (χ1v) is 13.8. The molecular weight excluding hydrogens is 546 g/mol. The van der Waals surface area contributed by atoms with Crippen LogP contribution in [0, 0.1) is 6.92 Å². The number of ether oxygens (including phenoxy) is 1. The minimum absolute atomic E-state index is 0.0833. The van der Waals surface area contributed by atoms with Crippen molar-refractivity contribution >= 4 is 17.9 Å². The number of aryl methyl sites for hydroxylation is 2. The van der Waals surface area contributed by atoms with E-state index in [0.29, 0.717) is 0 Å². The smallest absolute Gasteiger partial charge is 0.336 e. The van der Waals surface area contributed by atoms with Gasteiger partial charge in [0, 0.05) is 51.4 Å². The summed E-state index contributed by atoms with van der Waals surface area (Å²) in [4.78, 5) is 37.2. The van der Waals surface area contributed by atoms with E-state index >= 15 is 0 Å². The highest BCUT2D eigenvalue weighted by Gasteiger charge is 2.40. The van der Waals surface area contributed by atoms with Gasteiger partial charge in [-0.15, -0.1) is 0 Å². The second-order valence-corrected chi connectivity index (χ2v) is 10.4. The van der Waals surface area contributed by atoms with Crippen molar-refractivity contribution in [3.05, 3.63) is 72.1 Å². The van der Waals surface area contributed by atoms with Crippen molar-refractivity contribution < 1.29 is 39.5 Å². The Morgan fingerprint density at radius 2 is 1.79 bits per heavy atom. The second-order valence-electron chi connectivity index (χ2n) is 10.4. The predicted molar refractivity (Wildman–Crippen MR) is 150 cm³/mol. The Morgan fingerprint density at radius 3 is 2.38 bits per heavy atom. The van der Waals surface area contributed by atoms with Gasteiger partial charge in [0.05, 0.1) is 24.9 Å². The summed E-state index contributed by atoms with van der Waals surface area (Å²) in [7, 11) is 0. The standard InChI is InChI=1S/C23H31N5O.C6H8O7/c1-20-7-2-3-8-21(20)17-27(14-6-13-26-15-12-24-19-26)18-22-10-11-25-28(22)23-9-4-5-16-29-23;7-3(8)1-6(13,5(11)12)2-4(9)10/h2-3,7-8,10-12,15,19,23H,4-6,9,13-14,16-18H2,1H3;13H,1-2H2,(H,7,8)(H,9,10)(H,11,12). The topological polar surface area (TPSA) is 180 Å². The SMILES string of the molecule is Cc1ccccc1CN(CCCn1ccnc1)Cc1ccnn1C1CCCCO1.O=C(O)CC(O)(CC(=O)O)C(=O)O. The quantitative estimate of drug-likeness (QED) is 0.218. The lowest BCUT2D eigenvalue weighted by atomic mass is 9.96. The van der Waals surface area contributed by atoms with Crippen LogP contribution in [0.2, 0.25) is 0 Å². The summed E-state index contributed by atoms with van der Waals surface area (Å²) in [6.45, 7) is 6.84. The number of benzene rings is 1. The molecule has 1 aliphatic rings. The summed E-state index contributed by atoms with van der Waals surface area (Å²) in [5, 5.41) is 38.4. The van der Waals surface area contributed by atoms with E-state index in [2.05, 4.69) is 61.5 Å². The number of imidazole rings is 1. The molecule has 228 valence electrons. The van der Waals surface area contributed by atoms with Gasteiger partial charge in [0.25, 0.3) is 0 Å². The Balaban J connectivity index is 0.000000316. The maximum atomic E-state index is 10.3. The molecule has 0 saturated carbocycles. The molecule has 3 heterocycles. The number of carbonyl (C=O) groups is 3. The fraction of sp³-hybridized carbons (Fsp3) is 0.483. The van der Waals surface area contributed by atoms with E-state index < -0.39 is 36.4 Å². The van der Waals surface area contributed by atoms with Crippen LogP contribution in [-0.4, -0.2) is 81.3 Å². The highest BCUT2D eigenvalue weighted by molar-refractivity contribution is 5.88. The second kappa shape index (κ2) is 15.8. The maximum absolute atomic E-state index is 10.3. The molecule has 1 saturated heterocycles. The maximum Gasteiger partial charge on any atom is 0.336 e. The molecule has 4 rings (SSSR count). The van der Waals surface area contributed by atoms with Crippen LogP contribution in [0.3, 0.4) is 0 Å². The highest BCUT2D eigenvalue weighted by atomic mass is 16.5. The van der Waals surface area contributed by atoms with Gasteiger partial charge in [0.1, 0.15) is 0 Å². The zero-order valence-electron chi connectivity index (χ0n) is 23.7. The number of hydrogen-bond donors (Lipinski definition) is 4. The lowest BCUT2D eigenvalue weighted by Crippen LogP contribution is -2.42. The van der Waals surface area contributed by atoms with E-state index in [4.69, 9.17) is 25.2 Å². The van der Waals surface area contributed by atoms with Gasteiger partial charge < -0.3 is 29.7 Å². The lowest BCUT2D eigenvalue weighted by Gasteiger charge is -2.27. The van der Waals surface area contributed by atoms with Crippen molar-refractivity contribution in [2.24, 2.45) is 0 Å². The Morgan fingerprint density at radius 1 is 1.05 bits per heavy atom. The molecule has 4 N–H and O–H groups in total. The van der Waals surface area contributed by atoms with Crippen molar-refractivity contribution in [2.75, 3.05) is 13.2 Å². The molecule has 0 radical (unpaired) electrons. The first-order valence-electron chi connectivity index (χ1n) is 13.8. The van der Waals surface area contributed by atoms with Gasteiger partial charge in [-0.1, -0.05) is 24.3 Å². The average molecular weight is 586 g/mol. The number of aliphatic hydroxyl groups is 1. The monoisotopic (exact) mass is 585 g/mol. The van der Waals surface area contributed by atoms with Crippen LogP contribution in [0.15, 0.2) is 55.2 Å². The van der Waals surface area contributed by atoms with Crippen LogP contribution in [0.25, 0.3) is 0 Å². The molecule has 3 aromatic rings. The third-order valence-corrected chi connectivity index (χ3v) is 6.96. The first kappa shape index (κ1) is 32.4. The summed E-state index contributed by atoms with van der Waals surface area (Å²) in [6.07, 6.45) is 9.95. The third-order valence-electron chi connectivity index (χ3n) is 6.96. The van der Waals surface area contributed by atoms with Gasteiger partial charge in [0.2, 0.25) is 0 Å². The largest absolute Gasteiger partial charge is 0.481 e. The van der Waals surface area contributed by atoms with Gasteiger partial charge in [-0.3, -0.25) is 14.5 Å². The van der Waals surface area contributed by atoms with Crippen LogP contribution in [0.5, 0.6) is 0 Å². The minimum Gasteiger partial charge on any atom is -0.481 e. The van der Waals surface area contributed by atoms with Crippen molar-refractivity contribution in [3.63, 3.8) is 0 Å². The molecule has 1 atom stereocenters. The number of carboxylic acids is 3. The molecule has 0 bridgehead atoms. The summed E-state index contributed by atoms with van der Waals surface area (Å²) in [5.41, 5.74) is 1.22. The van der Waals surface area contributed by atoms with Gasteiger partial charge in [-0.05, 0) is 49.8 Å². The van der Waals surface area contributed by atoms with Crippen molar-refractivity contribution in [3.8, 4) is 0 Å². The number of nitrogens with zero attached hydrogens (tertiary/aromatic N) is 5. The van der Waals surface area contributed by atoms with Crippen molar-refractivity contribution in [1.82, 2.24) is 24.2 Å². The Labute approximate surface area is 244 Å². The Hall–Kier alpha value is -4.07. The number of carboxylic acid groups (broad SMARTS) is 3. The molecule has 0 amide bonds. The number of aliphatic carboxylic acids is 3. The number of hydrogen-bond acceptors (Lipinski definition) is 8. The Kier molecular flexibility index (Phi) is 12.2. The predicted octanol–water partition coefficient (Wildman–Crippen LogP) is 2.93. The molecule has 13 nitrogen and oxygen atoms in total. The summed E-state index contributed by atoms with van der Waals surface area (Å²) in [5.74, 6) is -5.02. The molecule has 1 fully saturated rings. The molecule has 1 unspecified atom stereocenters. The molecule has 1 aromatic carbocycles. The van der Waals surface area contributed by atoms with Gasteiger partial charge >= 0.3 is 17.9 Å². The Bertz CT molecular complexity index is 1270. The molecule has 2 aromatic heterocycles. The van der Waals surface area contributed by atoms with Gasteiger partial charge in [-0.25, -0.2) is 14.5 Å². The van der Waals surface area contributed by atoms with E-state index in [-0.39, 0.29) is 6.23 Å². The molecule has 13 heteroatoms. The first-order chi connectivity index (χ1) is 20.1. The van der Waals surface area contributed by atoms with Crippen LogP contribution < -0.4 is 0 Å². The van der Waals surface area contributed by atoms with E-state index in [1.54, 1.807) is 0 Å². The molecule has 1 aliphatic heterocycles. The van der Waals surface area contributed by atoms with Gasteiger partial charge in [0.15, 0.2) is 11.8 Å². The molecule has 0 aliphatic carbocycles. The molecular formula is C29H39N5O8. The number of rotatable bonds is 14. The summed E-state index contributed by atoms with van der Waals surface area (Å²) in [6, 6.07) is 10.8. The highest BCUT2D eigenvalue weighted by Crippen LogP contribution is 2.24. The third kappa shape index (κ3) is 10.1. The lowest BCUT2D eigenvalue weighted by molar-refractivity contribution is -0.170. The molecule has 0 spiro atoms. The summed E-state index contributed by atoms with van der Waals surface area (Å²) < 4.78 is 10.2. The average Bonchev–Trinajstić information content (AvgIpc) is 3.62. The van der Waals surface area contributed by atoms with Crippen LogP contribution in [0.1, 0.15) is 61.6 Å². The van der Waals surface area contributed by atoms with Crippen LogP contribution in [0.4, 0.5) is 0 Å². The fourth-order valence-corrected chi connectivity index (χ4v) is 4.72. The van der Waals surface area contributed by atoms with Gasteiger partial charge in [-0.2, -0.15) is 5.10 Å². The minimum atomic E-state index is -2.74. The van der Waals surface area contributed by atoms with E-state index in [1.807, 2.05) is 24.9 Å². The zero-order valence-corrected chi connectivity index (χ0v) is 23.7. The van der Waals surface area contributed by atoms with Crippen LogP contribution in [-0.2, 0) is 38.8 Å².